The monoisotopic (exact) mass is 333 g/mol. The van der Waals surface area contributed by atoms with E-state index in [4.69, 9.17) is 0 Å². The first-order chi connectivity index (χ1) is 10.4. The third kappa shape index (κ3) is 6.17. The number of halogens is 3. The second kappa shape index (κ2) is 7.76. The molecular formula is C15H18F3NO2S. The predicted octanol–water partition coefficient (Wildman–Crippen LogP) is 3.53. The smallest absolute Gasteiger partial charge is 0.406 e. The Labute approximate surface area is 131 Å². The first-order valence-electron chi connectivity index (χ1n) is 7.14. The average Bonchev–Trinajstić information content (AvgIpc) is 2.46. The van der Waals surface area contributed by atoms with Crippen LogP contribution in [0.3, 0.4) is 0 Å². The van der Waals surface area contributed by atoms with Crippen LogP contribution in [-0.4, -0.2) is 29.8 Å². The molecule has 0 bridgehead atoms. The molecule has 1 aromatic carbocycles. The fraction of sp³-hybridized carbons (Fsp3) is 0.533. The highest BCUT2D eigenvalue weighted by Crippen LogP contribution is 2.23. The molecule has 0 radical (unpaired) electrons. The third-order valence-corrected chi connectivity index (χ3v) is 4.43. The van der Waals surface area contributed by atoms with E-state index in [2.05, 4.69) is 10.1 Å². The Hall–Kier alpha value is -1.37. The maximum atomic E-state index is 12.0. The van der Waals surface area contributed by atoms with Crippen LogP contribution in [0.15, 0.2) is 24.3 Å². The van der Waals surface area contributed by atoms with Gasteiger partial charge in [0.15, 0.2) is 0 Å². The van der Waals surface area contributed by atoms with Crippen molar-refractivity contribution in [1.29, 1.82) is 0 Å². The number of rotatable bonds is 5. The Morgan fingerprint density at radius 3 is 2.45 bits per heavy atom. The molecule has 1 heterocycles. The predicted molar refractivity (Wildman–Crippen MR) is 79.9 cm³/mol. The minimum atomic E-state index is -4.68. The van der Waals surface area contributed by atoms with Gasteiger partial charge >= 0.3 is 6.36 Å². The molecule has 1 fully saturated rings. The number of alkyl halides is 3. The van der Waals surface area contributed by atoms with Gasteiger partial charge in [-0.05, 0) is 48.5 Å². The topological polar surface area (TPSA) is 38.3 Å². The molecule has 7 heteroatoms. The quantitative estimate of drug-likeness (QED) is 0.896. The Balaban J connectivity index is 1.75. The average molecular weight is 333 g/mol. The van der Waals surface area contributed by atoms with Gasteiger partial charge in [-0.15, -0.1) is 13.2 Å². The number of carbonyl (C=O) groups excluding carboxylic acids is 1. The molecule has 1 aromatic rings. The van der Waals surface area contributed by atoms with Crippen molar-refractivity contribution in [3.05, 3.63) is 29.8 Å². The van der Waals surface area contributed by atoms with Gasteiger partial charge in [-0.3, -0.25) is 4.79 Å². The summed E-state index contributed by atoms with van der Waals surface area (Å²) in [5, 5.41) is 3.01. The molecule has 1 amide bonds. The van der Waals surface area contributed by atoms with Gasteiger partial charge in [0.2, 0.25) is 5.91 Å². The highest BCUT2D eigenvalue weighted by molar-refractivity contribution is 7.99. The molecule has 1 aliphatic heterocycles. The molecule has 0 aromatic heterocycles. The molecule has 3 nitrogen and oxygen atoms in total. The minimum absolute atomic E-state index is 0.00693. The van der Waals surface area contributed by atoms with E-state index in [9.17, 15) is 18.0 Å². The number of benzene rings is 1. The largest absolute Gasteiger partial charge is 0.573 e. The summed E-state index contributed by atoms with van der Waals surface area (Å²) in [7, 11) is 0. The van der Waals surface area contributed by atoms with Crippen LogP contribution in [0.5, 0.6) is 5.75 Å². The van der Waals surface area contributed by atoms with Crippen molar-refractivity contribution in [2.75, 3.05) is 11.5 Å². The lowest BCUT2D eigenvalue weighted by molar-refractivity contribution is -0.274. The lowest BCUT2D eigenvalue weighted by atomic mass is 10.1. The van der Waals surface area contributed by atoms with Gasteiger partial charge in [0.25, 0.3) is 0 Å². The summed E-state index contributed by atoms with van der Waals surface area (Å²) in [6.45, 7) is 0. The van der Waals surface area contributed by atoms with Gasteiger partial charge in [-0.2, -0.15) is 11.8 Å². The fourth-order valence-corrected chi connectivity index (χ4v) is 3.36. The lowest BCUT2D eigenvalue weighted by Crippen LogP contribution is -2.37. The number of ether oxygens (including phenoxy) is 1. The van der Waals surface area contributed by atoms with Gasteiger partial charge in [0, 0.05) is 12.5 Å². The number of aryl methyl sites for hydroxylation is 1. The molecule has 1 aliphatic rings. The molecule has 0 saturated carbocycles. The van der Waals surface area contributed by atoms with Crippen LogP contribution in [0.4, 0.5) is 13.2 Å². The standard InChI is InChI=1S/C15H18F3NO2S/c16-15(17,18)21-13-4-1-11(2-5-13)3-6-14(20)19-12-7-9-22-10-8-12/h1-2,4-5,12H,3,6-10H2,(H,19,20). The highest BCUT2D eigenvalue weighted by atomic mass is 32.2. The van der Waals surface area contributed by atoms with Crippen molar-refractivity contribution in [3.63, 3.8) is 0 Å². The normalized spacial score (nSPS) is 16.3. The van der Waals surface area contributed by atoms with Crippen molar-refractivity contribution in [1.82, 2.24) is 5.32 Å². The van der Waals surface area contributed by atoms with Crippen molar-refractivity contribution in [2.24, 2.45) is 0 Å². The zero-order valence-electron chi connectivity index (χ0n) is 12.0. The maximum Gasteiger partial charge on any atom is 0.573 e. The zero-order valence-corrected chi connectivity index (χ0v) is 12.8. The van der Waals surface area contributed by atoms with Crippen LogP contribution in [-0.2, 0) is 11.2 Å². The number of nitrogens with one attached hydrogen (secondary N) is 1. The summed E-state index contributed by atoms with van der Waals surface area (Å²) in [5.74, 6) is 1.89. The first-order valence-corrected chi connectivity index (χ1v) is 8.30. The number of hydrogen-bond donors (Lipinski definition) is 1. The van der Waals surface area contributed by atoms with Crippen molar-refractivity contribution in [3.8, 4) is 5.75 Å². The maximum absolute atomic E-state index is 12.0. The van der Waals surface area contributed by atoms with Crippen LogP contribution < -0.4 is 10.1 Å². The SMILES string of the molecule is O=C(CCc1ccc(OC(F)(F)F)cc1)NC1CCSCC1. The van der Waals surface area contributed by atoms with E-state index < -0.39 is 6.36 Å². The van der Waals surface area contributed by atoms with Crippen LogP contribution in [0, 0.1) is 0 Å². The molecule has 0 atom stereocenters. The fourth-order valence-electron chi connectivity index (χ4n) is 2.26. The molecule has 22 heavy (non-hydrogen) atoms. The van der Waals surface area contributed by atoms with E-state index in [1.165, 1.54) is 12.1 Å². The third-order valence-electron chi connectivity index (χ3n) is 3.38. The summed E-state index contributed by atoms with van der Waals surface area (Å²) < 4.78 is 39.9. The van der Waals surface area contributed by atoms with E-state index in [0.29, 0.717) is 12.8 Å². The molecule has 0 unspecified atom stereocenters. The van der Waals surface area contributed by atoms with Crippen LogP contribution in [0.1, 0.15) is 24.8 Å². The van der Waals surface area contributed by atoms with Crippen molar-refractivity contribution < 1.29 is 22.7 Å². The second-order valence-electron chi connectivity index (χ2n) is 5.15. The number of hydrogen-bond acceptors (Lipinski definition) is 3. The minimum Gasteiger partial charge on any atom is -0.406 e. The van der Waals surface area contributed by atoms with E-state index in [0.717, 1.165) is 29.9 Å². The lowest BCUT2D eigenvalue weighted by Gasteiger charge is -2.22. The summed E-state index contributed by atoms with van der Waals surface area (Å²) in [5.41, 5.74) is 0.809. The summed E-state index contributed by atoms with van der Waals surface area (Å²) in [4.78, 5) is 11.8. The molecule has 122 valence electrons. The van der Waals surface area contributed by atoms with Crippen LogP contribution in [0.25, 0.3) is 0 Å². The molecule has 0 aliphatic carbocycles. The number of amides is 1. The Morgan fingerprint density at radius 1 is 1.23 bits per heavy atom. The van der Waals surface area contributed by atoms with Gasteiger partial charge in [-0.25, -0.2) is 0 Å². The first kappa shape index (κ1) is 17.0. The molecule has 2 rings (SSSR count). The Bertz CT molecular complexity index is 485. The second-order valence-corrected chi connectivity index (χ2v) is 6.37. The van der Waals surface area contributed by atoms with Gasteiger partial charge in [0.1, 0.15) is 5.75 Å². The van der Waals surface area contributed by atoms with E-state index in [1.54, 1.807) is 12.1 Å². The molecular weight excluding hydrogens is 315 g/mol. The van der Waals surface area contributed by atoms with Gasteiger partial charge in [0.05, 0.1) is 0 Å². The number of carbonyl (C=O) groups is 1. The highest BCUT2D eigenvalue weighted by Gasteiger charge is 2.30. The molecule has 1 N–H and O–H groups in total. The van der Waals surface area contributed by atoms with E-state index in [1.807, 2.05) is 11.8 Å². The van der Waals surface area contributed by atoms with Crippen molar-refractivity contribution in [2.45, 2.75) is 38.1 Å². The zero-order chi connectivity index (χ0) is 16.0. The Kier molecular flexibility index (Phi) is 5.99. The summed E-state index contributed by atoms with van der Waals surface area (Å²) in [6, 6.07) is 5.88. The van der Waals surface area contributed by atoms with Gasteiger partial charge < -0.3 is 10.1 Å². The van der Waals surface area contributed by atoms with E-state index >= 15 is 0 Å². The number of thioether (sulfide) groups is 1. The summed E-state index contributed by atoms with van der Waals surface area (Å²) >= 11 is 1.90. The Morgan fingerprint density at radius 2 is 1.86 bits per heavy atom. The van der Waals surface area contributed by atoms with Crippen LogP contribution in [0.2, 0.25) is 0 Å². The van der Waals surface area contributed by atoms with E-state index in [-0.39, 0.29) is 17.7 Å². The molecule has 1 saturated heterocycles. The molecule has 0 spiro atoms. The van der Waals surface area contributed by atoms with Crippen LogP contribution >= 0.6 is 11.8 Å². The van der Waals surface area contributed by atoms with Crippen molar-refractivity contribution >= 4 is 17.7 Å². The van der Waals surface area contributed by atoms with Gasteiger partial charge in [-0.1, -0.05) is 12.1 Å². The summed E-state index contributed by atoms with van der Waals surface area (Å²) in [6.07, 6.45) is -1.85.